The molecule has 0 amide bonds. The molecule has 27 nitrogen and oxygen atoms in total. The average Bonchev–Trinajstić information content (AvgIpc) is 1.70. The van der Waals surface area contributed by atoms with Crippen molar-refractivity contribution in [2.75, 3.05) is 88.0 Å². The molecule has 0 aliphatic rings. The fourth-order valence-electron chi connectivity index (χ4n) is 11.6. The van der Waals surface area contributed by atoms with E-state index in [0.717, 1.165) is 66.0 Å². The summed E-state index contributed by atoms with van der Waals surface area (Å²) in [6.07, 6.45) is -22.7. The van der Waals surface area contributed by atoms with Gasteiger partial charge >= 0.3 is 44.2 Å². The van der Waals surface area contributed by atoms with Crippen molar-refractivity contribution in [3.05, 3.63) is 235 Å². The molecule has 0 saturated carbocycles. The summed E-state index contributed by atoms with van der Waals surface area (Å²) in [6.45, 7) is 2.53. The lowest BCUT2D eigenvalue weighted by Crippen LogP contribution is -2.31. The predicted octanol–water partition coefficient (Wildman–Crippen LogP) is 19.1. The number of rotatable bonds is 26. The molecule has 0 fully saturated rings. The third kappa shape index (κ3) is 31.2. The first kappa shape index (κ1) is 109. The lowest BCUT2D eigenvalue weighted by Gasteiger charge is -2.15. The van der Waals surface area contributed by atoms with Gasteiger partial charge in [0, 0.05) is 85.9 Å². The molecule has 0 aliphatic heterocycles. The Morgan fingerprint density at radius 3 is 1.04 bits per heavy atom. The van der Waals surface area contributed by atoms with Gasteiger partial charge in [0.2, 0.25) is 0 Å². The van der Waals surface area contributed by atoms with E-state index >= 15 is 0 Å². The SMILES string of the molecule is COCCOCOc1ccc(-c2cc3c(ncn3C)c(C#N)n2)cc1C(F)(F)F.COCCOCOc1ccc(B(O)O)cc1C(F)(F)F.COCCOCOc1ccc(Br)cc1C(F)(F)F.Cc1cccc(CCOc2ccc(-c3cc4c(ncn4C)c(C#N)n3)cc2C(F)(F)F)n1.Cl.Cn1cnc2c(C#N)nc(-c3ccc(O)c(C(F)(F)F)c3)cc21.Oc1ccc(Br)cc1C(F)(F)F. The topological polar surface area (TPSA) is 350 Å². The number of alkyl halides is 18. The molecule has 7 aromatic heterocycles. The number of phenols is 2. The second-order valence-corrected chi connectivity index (χ2v) is 29.3. The van der Waals surface area contributed by atoms with Crippen LogP contribution in [0.2, 0.25) is 0 Å². The zero-order chi connectivity index (χ0) is 98.8. The van der Waals surface area contributed by atoms with E-state index in [1.165, 1.54) is 88.8 Å². The number of fused-ring (bicyclic) bond motifs is 3. The zero-order valence-corrected chi connectivity index (χ0v) is 75.1. The van der Waals surface area contributed by atoms with Gasteiger partial charge in [0.1, 0.15) is 69.3 Å². The van der Waals surface area contributed by atoms with E-state index in [1.807, 2.05) is 37.3 Å². The highest BCUT2D eigenvalue weighted by Gasteiger charge is 2.40. The molecule has 13 rings (SSSR count). The summed E-state index contributed by atoms with van der Waals surface area (Å²) in [7, 11) is 7.63. The van der Waals surface area contributed by atoms with Gasteiger partial charge in [-0.25, -0.2) is 29.9 Å². The van der Waals surface area contributed by atoms with Crippen LogP contribution < -0.4 is 24.4 Å². The van der Waals surface area contributed by atoms with Crippen LogP contribution in [0.3, 0.4) is 0 Å². The maximum Gasteiger partial charge on any atom is 0.488 e. The summed E-state index contributed by atoms with van der Waals surface area (Å²) in [5, 5.41) is 63.9. The van der Waals surface area contributed by atoms with Crippen molar-refractivity contribution in [1.29, 1.82) is 15.8 Å². The zero-order valence-electron chi connectivity index (χ0n) is 71.1. The number of benzene rings is 6. The number of hydrogen-bond donors (Lipinski definition) is 4. The van der Waals surface area contributed by atoms with Crippen LogP contribution in [0.5, 0.6) is 34.5 Å². The van der Waals surface area contributed by atoms with Crippen LogP contribution in [-0.2, 0) is 93.0 Å². The summed E-state index contributed by atoms with van der Waals surface area (Å²) < 4.78 is 289. The van der Waals surface area contributed by atoms with Gasteiger partial charge in [0.15, 0.2) is 37.5 Å². The standard InChI is InChI=1S/C23H18F3N5O.C19H17F3N4O3.C15H9F3N4O.C11H14BF3O5.C11H12BrF3O3.C7H4BrF3O.ClH/c1-14-4-3-5-16(29-14)8-9-32-21-7-6-15(10-17(21)23(24,25)26)18-11-20-22(19(12-27)30-18)28-13-31(20)2;1-26-10-24-18-15(9-23)25-14(8-16(18)26)12-3-4-17(13(7-12)19(20,21)22)29-11-28-6-5-27-2;1-22-7-20-14-11(6-19)21-10(5-12(14)22)8-2-3-13(23)9(4-8)15(16,17)18;1-18-4-5-19-7-20-10-3-2-8(12(16)17)6-9(10)11(13,14)15;1-16-4-5-17-7-18-10-3-2-8(12)6-9(10)11(13,14)15;8-4-1-2-6(12)5(3-4)7(9,10)11;/h3-7,10-11,13H,8-9H2,1-2H3;3-4,7-8,10H,5-6,11H2,1-2H3;2-5,7,23H,1H3;2-3,6,16-17H,4-5,7H2,1H3;2-3,6H,4-5,7H2,1H3;1-3,12H;1H. The molecule has 7 heterocycles. The van der Waals surface area contributed by atoms with Gasteiger partial charge in [0.05, 0.1) is 132 Å². The molecule has 718 valence electrons. The Morgan fingerprint density at radius 1 is 0.378 bits per heavy atom. The van der Waals surface area contributed by atoms with Crippen LogP contribution in [0.4, 0.5) is 79.0 Å². The number of aryl methyl sites for hydroxylation is 4. The van der Waals surface area contributed by atoms with Crippen LogP contribution in [0.15, 0.2) is 174 Å². The molecule has 0 aliphatic carbocycles. The fraction of sp³-hybridized carbons (Fsp3) is 0.279. The summed E-state index contributed by atoms with van der Waals surface area (Å²) >= 11 is 5.87. The molecular weight excluding hydrogens is 1990 g/mol. The molecular formula is C86H75BBr2ClF18N13O14. The number of pyridine rings is 4. The molecule has 4 N–H and O–H groups in total. The van der Waals surface area contributed by atoms with Crippen LogP contribution >= 0.6 is 44.3 Å². The van der Waals surface area contributed by atoms with Gasteiger partial charge < -0.3 is 81.3 Å². The second kappa shape index (κ2) is 49.0. The summed E-state index contributed by atoms with van der Waals surface area (Å²) in [4.78, 5) is 29.1. The highest BCUT2D eigenvalue weighted by molar-refractivity contribution is 9.10. The van der Waals surface area contributed by atoms with Gasteiger partial charge in [-0.1, -0.05) is 44.0 Å². The minimum absolute atomic E-state index is 0. The lowest BCUT2D eigenvalue weighted by atomic mass is 9.79. The van der Waals surface area contributed by atoms with E-state index in [-0.39, 0.29) is 137 Å². The van der Waals surface area contributed by atoms with Crippen molar-refractivity contribution < 1.29 is 147 Å². The number of nitriles is 3. The molecule has 0 bridgehead atoms. The monoisotopic (exact) mass is 2060 g/mol. The van der Waals surface area contributed by atoms with Gasteiger partial charge in [-0.15, -0.1) is 12.4 Å². The van der Waals surface area contributed by atoms with Crippen molar-refractivity contribution in [1.82, 2.24) is 48.6 Å². The normalized spacial score (nSPS) is 11.5. The molecule has 0 saturated heterocycles. The van der Waals surface area contributed by atoms with Crippen molar-refractivity contribution in [2.45, 2.75) is 50.4 Å². The maximum atomic E-state index is 13.8. The molecule has 6 aromatic carbocycles. The maximum absolute atomic E-state index is 13.8. The summed E-state index contributed by atoms with van der Waals surface area (Å²) in [5.41, 5.74) is -0.374. The Kier molecular flexibility index (Phi) is 39.7. The first-order valence-corrected chi connectivity index (χ1v) is 39.9. The molecule has 0 radical (unpaired) electrons. The molecule has 49 heteroatoms. The minimum atomic E-state index is -4.69. The number of nitrogens with zero attached hydrogens (tertiary/aromatic N) is 13. The van der Waals surface area contributed by atoms with Crippen molar-refractivity contribution in [3.63, 3.8) is 0 Å². The summed E-state index contributed by atoms with van der Waals surface area (Å²) in [5.74, 6) is -2.95. The van der Waals surface area contributed by atoms with Crippen molar-refractivity contribution >= 4 is 89.9 Å². The Bertz CT molecular complexity index is 6310. The Morgan fingerprint density at radius 2 is 0.689 bits per heavy atom. The number of hydrogen-bond acceptors (Lipinski definition) is 24. The van der Waals surface area contributed by atoms with E-state index in [9.17, 15) is 94.7 Å². The van der Waals surface area contributed by atoms with Crippen molar-refractivity contribution in [3.8, 4) is 86.5 Å². The van der Waals surface area contributed by atoms with Crippen LogP contribution in [-0.4, -0.2) is 164 Å². The van der Waals surface area contributed by atoms with E-state index in [1.54, 1.807) is 59.1 Å². The smallest absolute Gasteiger partial charge is 0.488 e. The molecule has 0 spiro atoms. The number of aromatic nitrogens is 10. The second-order valence-electron chi connectivity index (χ2n) is 27.5. The Labute approximate surface area is 778 Å². The third-order valence-corrected chi connectivity index (χ3v) is 19.1. The first-order chi connectivity index (χ1) is 63.1. The lowest BCUT2D eigenvalue weighted by molar-refractivity contribution is -0.140. The van der Waals surface area contributed by atoms with E-state index in [2.05, 4.69) is 66.7 Å². The van der Waals surface area contributed by atoms with Gasteiger partial charge in [-0.2, -0.15) is 94.8 Å². The van der Waals surface area contributed by atoms with E-state index < -0.39 is 94.8 Å². The quantitative estimate of drug-likeness (QED) is 0.0169. The van der Waals surface area contributed by atoms with E-state index in [4.69, 9.17) is 67.8 Å². The number of methoxy groups -OCH3 is 3. The van der Waals surface area contributed by atoms with Crippen LogP contribution in [0.25, 0.3) is 66.9 Å². The van der Waals surface area contributed by atoms with Gasteiger partial charge in [-0.3, -0.25) is 4.98 Å². The number of phenolic OH excluding ortho intramolecular Hbond substituents is 2. The number of ether oxygens (including phenoxy) is 10. The number of halogens is 21. The van der Waals surface area contributed by atoms with Crippen molar-refractivity contribution in [2.24, 2.45) is 21.1 Å². The highest BCUT2D eigenvalue weighted by atomic mass is 79.9. The highest BCUT2D eigenvalue weighted by Crippen LogP contribution is 2.45. The number of aromatic hydroxyl groups is 2. The van der Waals surface area contributed by atoms with Crippen LogP contribution in [0.1, 0.15) is 61.9 Å². The molecule has 13 aromatic rings. The fourth-order valence-corrected chi connectivity index (χ4v) is 12.3. The Balaban J connectivity index is 0.000000226. The van der Waals surface area contributed by atoms with Gasteiger partial charge in [-0.05, 0) is 146 Å². The number of imidazole rings is 3. The largest absolute Gasteiger partial charge is 0.507 e. The molecule has 0 unspecified atom stereocenters. The predicted molar refractivity (Wildman–Crippen MR) is 459 cm³/mol. The van der Waals surface area contributed by atoms with Gasteiger partial charge in [0.25, 0.3) is 0 Å². The summed E-state index contributed by atoms with van der Waals surface area (Å²) in [6, 6.07) is 36.1. The Hall–Kier alpha value is -12.7. The van der Waals surface area contributed by atoms with E-state index in [0.29, 0.717) is 69.9 Å². The molecule has 0 atom stereocenters. The first-order valence-electron chi connectivity index (χ1n) is 38.3. The molecule has 135 heavy (non-hydrogen) atoms. The third-order valence-electron chi connectivity index (χ3n) is 18.1. The minimum Gasteiger partial charge on any atom is -0.507 e. The average molecular weight is 2060 g/mol. The van der Waals surface area contributed by atoms with Crippen LogP contribution in [0, 0.1) is 40.9 Å².